The molecule has 20 heavy (non-hydrogen) atoms. The number of benzene rings is 1. The molecule has 2 N–H and O–H groups in total. The molecule has 1 aromatic heterocycles. The monoisotopic (exact) mass is 291 g/mol. The van der Waals surface area contributed by atoms with Gasteiger partial charge >= 0.3 is 5.97 Å². The number of halogens is 1. The molecular weight excluding hydrogens is 278 g/mol. The number of furan rings is 1. The van der Waals surface area contributed by atoms with Crippen molar-refractivity contribution in [2.24, 2.45) is 0 Å². The minimum atomic E-state index is -0.406. The minimum Gasteiger partial charge on any atom is -0.463 e. The predicted octanol–water partition coefficient (Wildman–Crippen LogP) is 3.76. The van der Waals surface area contributed by atoms with Crippen LogP contribution in [-0.2, 0) is 9.53 Å². The largest absolute Gasteiger partial charge is 0.463 e. The van der Waals surface area contributed by atoms with Crippen LogP contribution in [0.15, 0.2) is 40.8 Å². The van der Waals surface area contributed by atoms with E-state index in [0.717, 1.165) is 5.56 Å². The van der Waals surface area contributed by atoms with E-state index in [-0.39, 0.29) is 0 Å². The Bertz CT molecular complexity index is 646. The van der Waals surface area contributed by atoms with Crippen LogP contribution in [0.1, 0.15) is 12.7 Å². The van der Waals surface area contributed by atoms with Crippen molar-refractivity contribution in [1.82, 2.24) is 0 Å². The Balaban J connectivity index is 2.18. The van der Waals surface area contributed by atoms with Gasteiger partial charge in [-0.25, -0.2) is 4.79 Å². The number of ether oxygens (including phenoxy) is 1. The van der Waals surface area contributed by atoms with E-state index in [1.54, 1.807) is 43.3 Å². The maximum absolute atomic E-state index is 11.2. The van der Waals surface area contributed by atoms with Crippen LogP contribution in [0.4, 0.5) is 5.69 Å². The van der Waals surface area contributed by atoms with Crippen molar-refractivity contribution >= 4 is 29.3 Å². The standard InChI is InChI=1S/C15H14ClNO3/c1-2-19-15(18)8-5-11-4-7-14(20-11)12-6-3-10(16)9-13(12)17/h3-9H,2,17H2,1H3/b8-5+. The van der Waals surface area contributed by atoms with Crippen molar-refractivity contribution in [2.75, 3.05) is 12.3 Å². The quantitative estimate of drug-likeness (QED) is 0.529. The van der Waals surface area contributed by atoms with Gasteiger partial charge in [0.1, 0.15) is 11.5 Å². The van der Waals surface area contributed by atoms with E-state index < -0.39 is 5.97 Å². The molecule has 0 unspecified atom stereocenters. The molecule has 104 valence electrons. The van der Waals surface area contributed by atoms with Crippen LogP contribution in [0, 0.1) is 0 Å². The number of nitrogens with two attached hydrogens (primary N) is 1. The average molecular weight is 292 g/mol. The second-order valence-electron chi connectivity index (χ2n) is 4.02. The molecule has 0 radical (unpaired) electrons. The van der Waals surface area contributed by atoms with Crippen molar-refractivity contribution in [3.05, 3.63) is 47.2 Å². The van der Waals surface area contributed by atoms with Gasteiger partial charge in [0.2, 0.25) is 0 Å². The summed E-state index contributed by atoms with van der Waals surface area (Å²) in [5.74, 6) is 0.751. The van der Waals surface area contributed by atoms with E-state index in [1.807, 2.05) is 0 Å². The molecular formula is C15H14ClNO3. The van der Waals surface area contributed by atoms with Gasteiger partial charge in [0, 0.05) is 22.3 Å². The first-order chi connectivity index (χ1) is 9.60. The molecule has 0 aliphatic carbocycles. The second-order valence-corrected chi connectivity index (χ2v) is 4.46. The number of nitrogen functional groups attached to an aromatic ring is 1. The van der Waals surface area contributed by atoms with Gasteiger partial charge in [0.15, 0.2) is 0 Å². The number of hydrogen-bond donors (Lipinski definition) is 1. The summed E-state index contributed by atoms with van der Waals surface area (Å²) in [7, 11) is 0. The van der Waals surface area contributed by atoms with Gasteiger partial charge in [-0.05, 0) is 43.3 Å². The van der Waals surface area contributed by atoms with Crippen molar-refractivity contribution in [3.8, 4) is 11.3 Å². The van der Waals surface area contributed by atoms with Gasteiger partial charge in [-0.1, -0.05) is 11.6 Å². The molecule has 2 rings (SSSR count). The van der Waals surface area contributed by atoms with Crippen molar-refractivity contribution in [3.63, 3.8) is 0 Å². The van der Waals surface area contributed by atoms with Crippen LogP contribution < -0.4 is 5.73 Å². The van der Waals surface area contributed by atoms with E-state index in [9.17, 15) is 4.79 Å². The third kappa shape index (κ3) is 3.42. The maximum atomic E-state index is 11.2. The molecule has 0 bridgehead atoms. The second kappa shape index (κ2) is 6.30. The Labute approximate surface area is 121 Å². The fourth-order valence-electron chi connectivity index (χ4n) is 1.69. The van der Waals surface area contributed by atoms with E-state index in [1.165, 1.54) is 6.08 Å². The number of esters is 1. The third-order valence-corrected chi connectivity index (χ3v) is 2.81. The van der Waals surface area contributed by atoms with E-state index in [0.29, 0.717) is 28.8 Å². The Morgan fingerprint density at radius 2 is 2.20 bits per heavy atom. The predicted molar refractivity (Wildman–Crippen MR) is 79.2 cm³/mol. The molecule has 1 heterocycles. The zero-order valence-electron chi connectivity index (χ0n) is 10.9. The smallest absolute Gasteiger partial charge is 0.330 e. The summed E-state index contributed by atoms with van der Waals surface area (Å²) in [5, 5.41) is 0.570. The molecule has 0 amide bonds. The van der Waals surface area contributed by atoms with Crippen molar-refractivity contribution in [2.45, 2.75) is 6.92 Å². The summed E-state index contributed by atoms with van der Waals surface area (Å²) in [6, 6.07) is 8.72. The average Bonchev–Trinajstić information content (AvgIpc) is 2.85. The van der Waals surface area contributed by atoms with E-state index in [4.69, 9.17) is 26.5 Å². The molecule has 0 aliphatic heterocycles. The highest BCUT2D eigenvalue weighted by Crippen LogP contribution is 2.30. The van der Waals surface area contributed by atoms with Gasteiger partial charge in [0.25, 0.3) is 0 Å². The van der Waals surface area contributed by atoms with Crippen LogP contribution in [0.2, 0.25) is 5.02 Å². The van der Waals surface area contributed by atoms with Crippen molar-refractivity contribution < 1.29 is 13.9 Å². The molecule has 0 spiro atoms. The fraction of sp³-hybridized carbons (Fsp3) is 0.133. The highest BCUT2D eigenvalue weighted by molar-refractivity contribution is 6.31. The van der Waals surface area contributed by atoms with Crippen LogP contribution in [0.25, 0.3) is 17.4 Å². The SMILES string of the molecule is CCOC(=O)/C=C/c1ccc(-c2ccc(Cl)cc2N)o1. The topological polar surface area (TPSA) is 65.5 Å². The normalized spacial score (nSPS) is 10.9. The zero-order chi connectivity index (χ0) is 14.5. The van der Waals surface area contributed by atoms with Gasteiger partial charge < -0.3 is 14.9 Å². The molecule has 0 saturated heterocycles. The molecule has 0 fully saturated rings. The van der Waals surface area contributed by atoms with Crippen LogP contribution in [-0.4, -0.2) is 12.6 Å². The van der Waals surface area contributed by atoms with Crippen molar-refractivity contribution in [1.29, 1.82) is 0 Å². The summed E-state index contributed by atoms with van der Waals surface area (Å²) in [5.41, 5.74) is 7.18. The molecule has 0 saturated carbocycles. The molecule has 2 aromatic rings. The Kier molecular flexibility index (Phi) is 4.48. The summed E-state index contributed by atoms with van der Waals surface area (Å²) >= 11 is 5.85. The minimum absolute atomic E-state index is 0.341. The molecule has 4 nitrogen and oxygen atoms in total. The maximum Gasteiger partial charge on any atom is 0.330 e. The number of rotatable bonds is 4. The Morgan fingerprint density at radius 3 is 2.90 bits per heavy atom. The number of carbonyl (C=O) groups excluding carboxylic acids is 1. The first-order valence-electron chi connectivity index (χ1n) is 6.10. The highest BCUT2D eigenvalue weighted by Gasteiger charge is 2.07. The van der Waals surface area contributed by atoms with E-state index >= 15 is 0 Å². The van der Waals surface area contributed by atoms with E-state index in [2.05, 4.69) is 0 Å². The highest BCUT2D eigenvalue weighted by atomic mass is 35.5. The number of anilines is 1. The summed E-state index contributed by atoms with van der Waals surface area (Å²) < 4.78 is 10.4. The molecule has 5 heteroatoms. The van der Waals surface area contributed by atoms with Crippen LogP contribution >= 0.6 is 11.6 Å². The summed E-state index contributed by atoms with van der Waals surface area (Å²) in [4.78, 5) is 11.2. The first kappa shape index (κ1) is 14.2. The summed E-state index contributed by atoms with van der Waals surface area (Å²) in [6.45, 7) is 2.09. The summed E-state index contributed by atoms with van der Waals surface area (Å²) in [6.07, 6.45) is 2.87. The number of carbonyl (C=O) groups is 1. The lowest BCUT2D eigenvalue weighted by Crippen LogP contribution is -1.98. The van der Waals surface area contributed by atoms with Gasteiger partial charge in [-0.3, -0.25) is 0 Å². The molecule has 0 aliphatic rings. The zero-order valence-corrected chi connectivity index (χ0v) is 11.7. The first-order valence-corrected chi connectivity index (χ1v) is 6.48. The van der Waals surface area contributed by atoms with Gasteiger partial charge in [-0.15, -0.1) is 0 Å². The lowest BCUT2D eigenvalue weighted by Gasteiger charge is -2.02. The Morgan fingerprint density at radius 1 is 1.40 bits per heavy atom. The Hall–Kier alpha value is -2.20. The van der Waals surface area contributed by atoms with Gasteiger partial charge in [0.05, 0.1) is 6.61 Å². The van der Waals surface area contributed by atoms with Crippen LogP contribution in [0.5, 0.6) is 0 Å². The lowest BCUT2D eigenvalue weighted by atomic mass is 10.1. The third-order valence-electron chi connectivity index (χ3n) is 2.58. The number of hydrogen-bond acceptors (Lipinski definition) is 4. The lowest BCUT2D eigenvalue weighted by molar-refractivity contribution is -0.137. The fourth-order valence-corrected chi connectivity index (χ4v) is 1.87. The van der Waals surface area contributed by atoms with Gasteiger partial charge in [-0.2, -0.15) is 0 Å². The molecule has 1 aromatic carbocycles. The molecule has 0 atom stereocenters. The van der Waals surface area contributed by atoms with Crippen LogP contribution in [0.3, 0.4) is 0 Å².